The van der Waals surface area contributed by atoms with Gasteiger partial charge in [0.25, 0.3) is 5.91 Å². The monoisotopic (exact) mass is 407 g/mol. The lowest BCUT2D eigenvalue weighted by Crippen LogP contribution is -3.15. The van der Waals surface area contributed by atoms with Crippen molar-refractivity contribution in [3.05, 3.63) is 52.2 Å². The maximum atomic E-state index is 12.7. The van der Waals surface area contributed by atoms with Crippen molar-refractivity contribution >= 4 is 33.5 Å². The molecule has 0 bridgehead atoms. The molecule has 1 fully saturated rings. The van der Waals surface area contributed by atoms with Crippen LogP contribution in [0.2, 0.25) is 0 Å². The molecule has 1 aromatic heterocycles. The maximum absolute atomic E-state index is 12.7. The normalized spacial score (nSPS) is 16.6. The number of amides is 1. The summed E-state index contributed by atoms with van der Waals surface area (Å²) >= 11 is 1.54. The van der Waals surface area contributed by atoms with Crippen LogP contribution < -0.4 is 10.3 Å². The van der Waals surface area contributed by atoms with Crippen molar-refractivity contribution in [1.29, 1.82) is 0 Å². The van der Waals surface area contributed by atoms with Gasteiger partial charge in [0.2, 0.25) is 10.0 Å². The zero-order chi connectivity index (χ0) is 19.3. The number of nitrogens with zero attached hydrogens (tertiary/aromatic N) is 2. The SMILES string of the molecule is Cc1ccc(S(=O)(=O)N2CC[NH+](CC(=O)N/N=C\c3cccs3)CC2)cc1. The number of hydrazone groups is 1. The number of quaternary nitrogens is 1. The molecule has 1 aliphatic rings. The van der Waals surface area contributed by atoms with Crippen LogP contribution in [-0.2, 0) is 14.8 Å². The molecule has 0 aliphatic carbocycles. The summed E-state index contributed by atoms with van der Waals surface area (Å²) in [5.74, 6) is -0.173. The average molecular weight is 408 g/mol. The molecule has 1 aromatic carbocycles. The highest BCUT2D eigenvalue weighted by molar-refractivity contribution is 7.89. The molecule has 0 saturated carbocycles. The minimum Gasteiger partial charge on any atom is -0.325 e. The molecule has 1 amide bonds. The van der Waals surface area contributed by atoms with Gasteiger partial charge < -0.3 is 4.90 Å². The third-order valence-corrected chi connectivity index (χ3v) is 7.14. The van der Waals surface area contributed by atoms with Gasteiger partial charge in [-0.25, -0.2) is 13.8 Å². The molecule has 1 aliphatic heterocycles. The third-order valence-electron chi connectivity index (χ3n) is 4.42. The highest BCUT2D eigenvalue weighted by Gasteiger charge is 2.30. The predicted octanol–water partition coefficient (Wildman–Crippen LogP) is 0.0960. The smallest absolute Gasteiger partial charge is 0.295 e. The molecular weight excluding hydrogens is 384 g/mol. The Morgan fingerprint density at radius 3 is 2.59 bits per heavy atom. The number of rotatable bonds is 6. The van der Waals surface area contributed by atoms with E-state index in [2.05, 4.69) is 10.5 Å². The molecule has 9 heteroatoms. The van der Waals surface area contributed by atoms with E-state index in [1.807, 2.05) is 24.4 Å². The minimum atomic E-state index is -3.47. The molecular formula is C18H23N4O3S2+. The summed E-state index contributed by atoms with van der Waals surface area (Å²) < 4.78 is 26.9. The van der Waals surface area contributed by atoms with Gasteiger partial charge in [0.05, 0.1) is 37.3 Å². The van der Waals surface area contributed by atoms with E-state index in [0.717, 1.165) is 15.3 Å². The fraction of sp³-hybridized carbons (Fsp3) is 0.333. The van der Waals surface area contributed by atoms with E-state index in [-0.39, 0.29) is 12.5 Å². The van der Waals surface area contributed by atoms with Crippen LogP contribution in [0, 0.1) is 6.92 Å². The van der Waals surface area contributed by atoms with E-state index in [1.54, 1.807) is 41.8 Å². The lowest BCUT2D eigenvalue weighted by Gasteiger charge is -2.31. The standard InChI is InChI=1S/C18H22N4O3S2/c1-15-4-6-17(7-5-15)27(24,25)22-10-8-21(9-11-22)14-18(23)20-19-13-16-3-2-12-26-16/h2-7,12-13H,8-11,14H2,1H3,(H,20,23)/p+1/b19-13-. The van der Waals surface area contributed by atoms with Gasteiger partial charge in [0.1, 0.15) is 0 Å². The summed E-state index contributed by atoms with van der Waals surface area (Å²) in [6.07, 6.45) is 1.62. The minimum absolute atomic E-state index is 0.173. The molecule has 144 valence electrons. The van der Waals surface area contributed by atoms with Crippen LogP contribution in [0.25, 0.3) is 0 Å². The second-order valence-corrected chi connectivity index (χ2v) is 9.37. The Bertz CT molecular complexity index is 885. The number of benzene rings is 1. The first kappa shape index (κ1) is 19.7. The molecule has 0 unspecified atom stereocenters. The van der Waals surface area contributed by atoms with Gasteiger partial charge >= 0.3 is 0 Å². The van der Waals surface area contributed by atoms with Crippen molar-refractivity contribution in [1.82, 2.24) is 9.73 Å². The molecule has 2 aromatic rings. The molecule has 7 nitrogen and oxygen atoms in total. The number of sulfonamides is 1. The van der Waals surface area contributed by atoms with Crippen LogP contribution in [0.5, 0.6) is 0 Å². The Balaban J connectivity index is 1.48. The van der Waals surface area contributed by atoms with Gasteiger partial charge in [-0.2, -0.15) is 9.41 Å². The fourth-order valence-electron chi connectivity index (χ4n) is 2.88. The first-order valence-corrected chi connectivity index (χ1v) is 11.0. The Hall–Kier alpha value is -2.07. The van der Waals surface area contributed by atoms with Gasteiger partial charge in [0.15, 0.2) is 6.54 Å². The number of nitrogens with one attached hydrogen (secondary N) is 2. The van der Waals surface area contributed by atoms with Crippen LogP contribution in [0.15, 0.2) is 51.8 Å². The van der Waals surface area contributed by atoms with E-state index in [1.165, 1.54) is 4.31 Å². The van der Waals surface area contributed by atoms with Crippen molar-refractivity contribution in [2.24, 2.45) is 5.10 Å². The van der Waals surface area contributed by atoms with Gasteiger partial charge in [-0.05, 0) is 30.5 Å². The third kappa shape index (κ3) is 5.23. The van der Waals surface area contributed by atoms with Crippen LogP contribution >= 0.6 is 11.3 Å². The van der Waals surface area contributed by atoms with Gasteiger partial charge in [-0.1, -0.05) is 23.8 Å². The van der Waals surface area contributed by atoms with Crippen LogP contribution in [0.1, 0.15) is 10.4 Å². The molecule has 1 saturated heterocycles. The summed E-state index contributed by atoms with van der Waals surface area (Å²) in [5, 5.41) is 5.89. The van der Waals surface area contributed by atoms with E-state index in [4.69, 9.17) is 0 Å². The van der Waals surface area contributed by atoms with E-state index >= 15 is 0 Å². The molecule has 0 spiro atoms. The van der Waals surface area contributed by atoms with E-state index < -0.39 is 10.0 Å². The highest BCUT2D eigenvalue weighted by atomic mass is 32.2. The average Bonchev–Trinajstić information content (AvgIpc) is 3.16. The van der Waals surface area contributed by atoms with Crippen LogP contribution in [0.3, 0.4) is 0 Å². The van der Waals surface area contributed by atoms with Crippen molar-refractivity contribution in [3.63, 3.8) is 0 Å². The van der Waals surface area contributed by atoms with Crippen molar-refractivity contribution in [2.75, 3.05) is 32.7 Å². The summed E-state index contributed by atoms with van der Waals surface area (Å²) in [7, 11) is -3.47. The Morgan fingerprint density at radius 2 is 1.96 bits per heavy atom. The Morgan fingerprint density at radius 1 is 1.26 bits per heavy atom. The molecule has 27 heavy (non-hydrogen) atoms. The molecule has 2 heterocycles. The first-order valence-electron chi connectivity index (χ1n) is 8.71. The second kappa shape index (κ2) is 8.75. The maximum Gasteiger partial charge on any atom is 0.295 e. The number of hydrogen-bond acceptors (Lipinski definition) is 5. The number of piperazine rings is 1. The van der Waals surface area contributed by atoms with E-state index in [0.29, 0.717) is 31.1 Å². The number of carbonyl (C=O) groups excluding carboxylic acids is 1. The number of aryl methyl sites for hydroxylation is 1. The Labute approximate surface area is 163 Å². The summed E-state index contributed by atoms with van der Waals surface area (Å²) in [5.41, 5.74) is 3.55. The summed E-state index contributed by atoms with van der Waals surface area (Å²) in [4.78, 5) is 14.3. The lowest BCUT2D eigenvalue weighted by atomic mass is 10.2. The quantitative estimate of drug-likeness (QED) is 0.526. The fourth-order valence-corrected chi connectivity index (χ4v) is 4.90. The van der Waals surface area contributed by atoms with Gasteiger partial charge in [-0.3, -0.25) is 4.79 Å². The van der Waals surface area contributed by atoms with Crippen LogP contribution in [0.4, 0.5) is 0 Å². The largest absolute Gasteiger partial charge is 0.325 e. The van der Waals surface area contributed by atoms with E-state index in [9.17, 15) is 13.2 Å². The highest BCUT2D eigenvalue weighted by Crippen LogP contribution is 2.16. The van der Waals surface area contributed by atoms with Gasteiger partial charge in [0, 0.05) is 4.88 Å². The van der Waals surface area contributed by atoms with Crippen molar-refractivity contribution in [2.45, 2.75) is 11.8 Å². The van der Waals surface area contributed by atoms with Crippen molar-refractivity contribution < 1.29 is 18.1 Å². The van der Waals surface area contributed by atoms with Crippen LogP contribution in [-0.4, -0.2) is 57.6 Å². The molecule has 2 N–H and O–H groups in total. The summed E-state index contributed by atoms with van der Waals surface area (Å²) in [6, 6.07) is 10.7. The lowest BCUT2D eigenvalue weighted by molar-refractivity contribution is -0.895. The summed E-state index contributed by atoms with van der Waals surface area (Å²) in [6.45, 7) is 4.18. The van der Waals surface area contributed by atoms with Gasteiger partial charge in [-0.15, -0.1) is 11.3 Å². The number of hydrogen-bond donors (Lipinski definition) is 2. The number of carbonyl (C=O) groups is 1. The molecule has 0 atom stereocenters. The Kier molecular flexibility index (Phi) is 6.38. The molecule has 0 radical (unpaired) electrons. The second-order valence-electron chi connectivity index (χ2n) is 6.45. The molecule has 3 rings (SSSR count). The first-order chi connectivity index (χ1) is 12.9. The van der Waals surface area contributed by atoms with Crippen molar-refractivity contribution in [3.8, 4) is 0 Å². The topological polar surface area (TPSA) is 83.3 Å². The predicted molar refractivity (Wildman–Crippen MR) is 106 cm³/mol. The zero-order valence-electron chi connectivity index (χ0n) is 15.1. The zero-order valence-corrected chi connectivity index (χ0v) is 16.7. The number of thiophene rings is 1.